The van der Waals surface area contributed by atoms with Gasteiger partial charge in [-0.05, 0) is 105 Å². The molecule has 0 bridgehead atoms. The molecule has 0 aromatic heterocycles. The third-order valence-corrected chi connectivity index (χ3v) is 16.6. The van der Waals surface area contributed by atoms with E-state index in [4.69, 9.17) is 14.2 Å². The zero-order chi connectivity index (χ0) is 47.8. The number of carbonyl (C=O) groups excluding carboxylic acids is 2. The highest BCUT2D eigenvalue weighted by Gasteiger charge is 2.59. The number of hydrogen-bond donors (Lipinski definition) is 10. The highest BCUT2D eigenvalue weighted by atomic mass is 16.7. The molecule has 4 aliphatic carbocycles. The van der Waals surface area contributed by atoms with Crippen molar-refractivity contribution < 1.29 is 64.7 Å². The number of carbonyl (C=O) groups is 2. The zero-order valence-electron chi connectivity index (χ0n) is 40.3. The number of likely N-dealkylation sites (N-methyl/N-ethyl adjacent to an activating group) is 2. The summed E-state index contributed by atoms with van der Waals surface area (Å²) in [7, 11) is 3.80. The average molecular weight is 927 g/mol. The Morgan fingerprint density at radius 3 is 2.18 bits per heavy atom. The second-order valence-corrected chi connectivity index (χ2v) is 21.4. The number of aliphatic hydroxyl groups excluding tert-OH is 8. The van der Waals surface area contributed by atoms with E-state index in [0.29, 0.717) is 38.1 Å². The Morgan fingerprint density at radius 2 is 1.54 bits per heavy atom. The molecule has 5 rings (SSSR count). The number of nitrogens with one attached hydrogen (secondary N) is 2. The predicted octanol–water partition coefficient (Wildman–Crippen LogP) is 1.36. The lowest BCUT2D eigenvalue weighted by Gasteiger charge is -2.58. The normalized spacial score (nSPS) is 35.9. The quantitative estimate of drug-likeness (QED) is 0.0650. The molecule has 2 amide bonds. The summed E-state index contributed by atoms with van der Waals surface area (Å²) in [4.78, 5) is 29.7. The maximum Gasteiger partial charge on any atom is 0.407 e. The van der Waals surface area contributed by atoms with Crippen molar-refractivity contribution in [1.82, 2.24) is 20.4 Å². The van der Waals surface area contributed by atoms with Crippen LogP contribution in [0.5, 0.6) is 0 Å². The molecule has 376 valence electrons. The van der Waals surface area contributed by atoms with E-state index in [1.807, 2.05) is 19.0 Å². The molecular formula is C48H86N4O13. The average Bonchev–Trinajstić information content (AvgIpc) is 3.63. The van der Waals surface area contributed by atoms with Crippen molar-refractivity contribution in [2.45, 2.75) is 166 Å². The fourth-order valence-electron chi connectivity index (χ4n) is 12.5. The Kier molecular flexibility index (Phi) is 19.9. The van der Waals surface area contributed by atoms with Gasteiger partial charge in [-0.3, -0.25) is 4.79 Å². The first kappa shape index (κ1) is 53.9. The maximum atomic E-state index is 13.0. The first-order valence-electron chi connectivity index (χ1n) is 24.6. The Labute approximate surface area is 387 Å². The van der Waals surface area contributed by atoms with Crippen LogP contribution >= 0.6 is 0 Å². The van der Waals surface area contributed by atoms with Gasteiger partial charge >= 0.3 is 6.09 Å². The van der Waals surface area contributed by atoms with Gasteiger partial charge < -0.3 is 75.5 Å². The number of aliphatic hydroxyl groups is 8. The first-order valence-corrected chi connectivity index (χ1v) is 24.6. The summed E-state index contributed by atoms with van der Waals surface area (Å²) in [6.07, 6.45) is -1.04. The molecule has 17 unspecified atom stereocenters. The number of allylic oxidation sites excluding steroid dienone is 1. The first-order chi connectivity index (χ1) is 30.7. The Bertz CT molecular complexity index is 1540. The van der Waals surface area contributed by atoms with E-state index in [1.54, 1.807) is 0 Å². The minimum Gasteiger partial charge on any atom is -0.446 e. The molecule has 17 nitrogen and oxygen atoms in total. The number of nitrogens with zero attached hydrogens (tertiary/aromatic N) is 2. The lowest BCUT2D eigenvalue weighted by molar-refractivity contribution is -0.326. The lowest BCUT2D eigenvalue weighted by Crippen LogP contribution is -2.62. The minimum absolute atomic E-state index is 0.0912. The Hall–Kier alpha value is -2.00. The van der Waals surface area contributed by atoms with Gasteiger partial charge in [-0.1, -0.05) is 65.5 Å². The monoisotopic (exact) mass is 927 g/mol. The summed E-state index contributed by atoms with van der Waals surface area (Å²) in [5.41, 5.74) is 2.16. The van der Waals surface area contributed by atoms with E-state index in [-0.39, 0.29) is 24.2 Å². The van der Waals surface area contributed by atoms with Crippen LogP contribution in [0, 0.1) is 46.3 Å². The molecule has 1 saturated heterocycles. The third-order valence-electron chi connectivity index (χ3n) is 16.6. The predicted molar refractivity (Wildman–Crippen MR) is 243 cm³/mol. The maximum absolute atomic E-state index is 13.0. The van der Waals surface area contributed by atoms with Crippen molar-refractivity contribution in [3.8, 4) is 0 Å². The van der Waals surface area contributed by atoms with Crippen LogP contribution in [0.15, 0.2) is 11.6 Å². The van der Waals surface area contributed by atoms with Gasteiger partial charge in [0.15, 0.2) is 12.4 Å². The molecule has 0 aromatic rings. The Morgan fingerprint density at radius 1 is 0.862 bits per heavy atom. The molecule has 0 radical (unpaired) electrons. The van der Waals surface area contributed by atoms with Crippen molar-refractivity contribution in [3.05, 3.63) is 11.6 Å². The van der Waals surface area contributed by atoms with Crippen molar-refractivity contribution in [2.24, 2.45) is 46.3 Å². The summed E-state index contributed by atoms with van der Waals surface area (Å²) >= 11 is 0. The van der Waals surface area contributed by atoms with Crippen LogP contribution in [0.3, 0.4) is 0 Å². The van der Waals surface area contributed by atoms with Crippen LogP contribution < -0.4 is 10.6 Å². The van der Waals surface area contributed by atoms with E-state index in [2.05, 4.69) is 56.2 Å². The largest absolute Gasteiger partial charge is 0.446 e. The second kappa shape index (κ2) is 24.0. The molecule has 17 atom stereocenters. The van der Waals surface area contributed by atoms with Gasteiger partial charge in [0.25, 0.3) is 5.91 Å². The van der Waals surface area contributed by atoms with Gasteiger partial charge in [-0.2, -0.15) is 0 Å². The van der Waals surface area contributed by atoms with Crippen molar-refractivity contribution in [3.63, 3.8) is 0 Å². The highest BCUT2D eigenvalue weighted by Crippen LogP contribution is 2.67. The molecule has 1 heterocycles. The van der Waals surface area contributed by atoms with Gasteiger partial charge in [0.2, 0.25) is 0 Å². The Balaban J connectivity index is 0.975. The smallest absolute Gasteiger partial charge is 0.407 e. The third kappa shape index (κ3) is 13.0. The fourth-order valence-corrected chi connectivity index (χ4v) is 12.5. The van der Waals surface area contributed by atoms with E-state index in [1.165, 1.54) is 56.9 Å². The molecule has 0 aromatic carbocycles. The molecular weight excluding hydrogens is 841 g/mol. The van der Waals surface area contributed by atoms with Crippen LogP contribution in [-0.2, 0) is 19.0 Å². The molecule has 4 fully saturated rings. The van der Waals surface area contributed by atoms with Crippen molar-refractivity contribution in [1.29, 1.82) is 0 Å². The molecule has 1 aliphatic heterocycles. The van der Waals surface area contributed by atoms with Crippen molar-refractivity contribution in [2.75, 3.05) is 66.6 Å². The second-order valence-electron chi connectivity index (χ2n) is 21.4. The molecule has 65 heavy (non-hydrogen) atoms. The van der Waals surface area contributed by atoms with E-state index >= 15 is 0 Å². The SMILES string of the molecule is CC(C)CCCC(C)C1CCC2C3CC=C4CC(OC(=O)NCCN(C)CCN(C)CCNC(=O)C(O)C(O)C(OC5OC(CO)C(O)C(O)C5O)C(O)CO)CCC4(C)C3CCC12C. The number of amides is 2. The van der Waals surface area contributed by atoms with Gasteiger partial charge in [0.05, 0.1) is 13.2 Å². The molecule has 5 aliphatic rings. The summed E-state index contributed by atoms with van der Waals surface area (Å²) in [5.74, 6) is 3.75. The summed E-state index contributed by atoms with van der Waals surface area (Å²) in [6.45, 7) is 13.4. The minimum atomic E-state index is -2.14. The number of alkyl carbamates (subject to hydrolysis) is 1. The van der Waals surface area contributed by atoms with Gasteiger partial charge in [0.1, 0.15) is 48.8 Å². The number of ether oxygens (including phenoxy) is 3. The lowest BCUT2D eigenvalue weighted by atomic mass is 9.47. The van der Waals surface area contributed by atoms with Crippen LogP contribution in [-0.4, -0.2) is 190 Å². The fraction of sp³-hybridized carbons (Fsp3) is 0.917. The number of fused-ring (bicyclic) bond motifs is 5. The number of rotatable bonds is 23. The van der Waals surface area contributed by atoms with Crippen LogP contribution in [0.4, 0.5) is 4.79 Å². The van der Waals surface area contributed by atoms with Crippen LogP contribution in [0.25, 0.3) is 0 Å². The van der Waals surface area contributed by atoms with E-state index < -0.39 is 74.2 Å². The molecule has 3 saturated carbocycles. The summed E-state index contributed by atoms with van der Waals surface area (Å²) in [6, 6.07) is 0. The van der Waals surface area contributed by atoms with E-state index in [9.17, 15) is 50.4 Å². The van der Waals surface area contributed by atoms with Crippen LogP contribution in [0.2, 0.25) is 0 Å². The molecule has 17 heteroatoms. The number of hydrogen-bond acceptors (Lipinski definition) is 15. The van der Waals surface area contributed by atoms with Crippen LogP contribution in [0.1, 0.15) is 105 Å². The summed E-state index contributed by atoms with van der Waals surface area (Å²) < 4.78 is 16.6. The van der Waals surface area contributed by atoms with E-state index in [0.717, 1.165) is 54.8 Å². The molecule has 0 spiro atoms. The van der Waals surface area contributed by atoms with Gasteiger partial charge in [0, 0.05) is 45.7 Å². The zero-order valence-corrected chi connectivity index (χ0v) is 40.3. The highest BCUT2D eigenvalue weighted by molar-refractivity contribution is 5.81. The van der Waals surface area contributed by atoms with Crippen molar-refractivity contribution >= 4 is 12.0 Å². The topological polar surface area (TPSA) is 254 Å². The van der Waals surface area contributed by atoms with Gasteiger partial charge in [-0.15, -0.1) is 0 Å². The molecule has 10 N–H and O–H groups in total. The van der Waals surface area contributed by atoms with Gasteiger partial charge in [-0.25, -0.2) is 4.79 Å². The summed E-state index contributed by atoms with van der Waals surface area (Å²) in [5, 5.41) is 86.4. The standard InChI is InChI=1S/C48H86N4O13/c1-28(2)9-8-10-29(3)33-13-14-34-32-12-11-30-25-31(15-17-47(30,4)35(32)16-18-48(33,34)5)63-46(62)50-20-22-52(7)24-23-51(6)21-19-49-44(61)41(59)40(58)43(36(55)26-53)65-45-42(60)39(57)38(56)37(27-54)64-45/h11,28-29,31-43,45,53-60H,8-10,12-27H2,1-7H3,(H,49,61)(H,50,62).